The zero-order valence-corrected chi connectivity index (χ0v) is 11.4. The van der Waals surface area contributed by atoms with E-state index in [9.17, 15) is 0 Å². The SMILES string of the molecule is COc1ccnc(CN2CCC(C#N)CC2)c1OC. The number of piperidine rings is 1. The highest BCUT2D eigenvalue weighted by Crippen LogP contribution is 2.30. The van der Waals surface area contributed by atoms with Crippen LogP contribution in [0.1, 0.15) is 18.5 Å². The fraction of sp³-hybridized carbons (Fsp3) is 0.571. The first-order valence-corrected chi connectivity index (χ1v) is 6.46. The maximum absolute atomic E-state index is 8.90. The molecule has 1 aromatic rings. The van der Waals surface area contributed by atoms with Gasteiger partial charge in [-0.05, 0) is 25.9 Å². The topological polar surface area (TPSA) is 58.4 Å². The Labute approximate surface area is 113 Å². The van der Waals surface area contributed by atoms with E-state index >= 15 is 0 Å². The minimum absolute atomic E-state index is 0.205. The van der Waals surface area contributed by atoms with Gasteiger partial charge in [-0.2, -0.15) is 5.26 Å². The molecular formula is C14H19N3O2. The number of hydrogen-bond acceptors (Lipinski definition) is 5. The Morgan fingerprint density at radius 1 is 1.37 bits per heavy atom. The second-order valence-corrected chi connectivity index (χ2v) is 4.67. The van der Waals surface area contributed by atoms with Crippen molar-refractivity contribution in [3.63, 3.8) is 0 Å². The summed E-state index contributed by atoms with van der Waals surface area (Å²) >= 11 is 0. The molecule has 19 heavy (non-hydrogen) atoms. The first-order valence-electron chi connectivity index (χ1n) is 6.46. The van der Waals surface area contributed by atoms with Gasteiger partial charge < -0.3 is 9.47 Å². The van der Waals surface area contributed by atoms with Crippen molar-refractivity contribution >= 4 is 0 Å². The first kappa shape index (κ1) is 13.6. The number of ether oxygens (including phenoxy) is 2. The molecule has 0 spiro atoms. The van der Waals surface area contributed by atoms with Crippen molar-refractivity contribution < 1.29 is 9.47 Å². The molecule has 1 aromatic heterocycles. The third-order valence-electron chi connectivity index (χ3n) is 3.51. The van der Waals surface area contributed by atoms with E-state index < -0.39 is 0 Å². The highest BCUT2D eigenvalue weighted by Gasteiger charge is 2.21. The molecule has 0 aliphatic carbocycles. The molecule has 0 N–H and O–H groups in total. The second-order valence-electron chi connectivity index (χ2n) is 4.67. The van der Waals surface area contributed by atoms with Crippen LogP contribution in [-0.4, -0.2) is 37.2 Å². The second kappa shape index (κ2) is 6.39. The highest BCUT2D eigenvalue weighted by atomic mass is 16.5. The molecule has 0 bridgehead atoms. The minimum atomic E-state index is 0.205. The summed E-state index contributed by atoms with van der Waals surface area (Å²) in [5.41, 5.74) is 0.886. The van der Waals surface area contributed by atoms with Crippen molar-refractivity contribution in [3.05, 3.63) is 18.0 Å². The quantitative estimate of drug-likeness (QED) is 0.827. The largest absolute Gasteiger partial charge is 0.493 e. The van der Waals surface area contributed by atoms with E-state index in [4.69, 9.17) is 14.7 Å². The molecular weight excluding hydrogens is 242 g/mol. The summed E-state index contributed by atoms with van der Waals surface area (Å²) in [5.74, 6) is 1.61. The van der Waals surface area contributed by atoms with Gasteiger partial charge >= 0.3 is 0 Å². The van der Waals surface area contributed by atoms with E-state index in [0.717, 1.165) is 38.2 Å². The number of rotatable bonds is 4. The van der Waals surface area contributed by atoms with Crippen LogP contribution in [0, 0.1) is 17.2 Å². The Hall–Kier alpha value is -1.80. The van der Waals surface area contributed by atoms with Crippen LogP contribution in [0.25, 0.3) is 0 Å². The van der Waals surface area contributed by atoms with E-state index in [2.05, 4.69) is 16.0 Å². The molecule has 0 amide bonds. The lowest BCUT2D eigenvalue weighted by molar-refractivity contribution is 0.193. The minimum Gasteiger partial charge on any atom is -0.493 e. The van der Waals surface area contributed by atoms with Gasteiger partial charge in [0, 0.05) is 24.7 Å². The van der Waals surface area contributed by atoms with E-state index in [0.29, 0.717) is 11.5 Å². The Kier molecular flexibility index (Phi) is 4.58. The van der Waals surface area contributed by atoms with E-state index in [1.807, 2.05) is 0 Å². The van der Waals surface area contributed by atoms with Gasteiger partial charge in [-0.15, -0.1) is 0 Å². The van der Waals surface area contributed by atoms with Gasteiger partial charge in [0.25, 0.3) is 0 Å². The maximum Gasteiger partial charge on any atom is 0.183 e. The van der Waals surface area contributed by atoms with E-state index in [1.165, 1.54) is 0 Å². The zero-order chi connectivity index (χ0) is 13.7. The van der Waals surface area contributed by atoms with Crippen molar-refractivity contribution in [2.24, 2.45) is 5.92 Å². The van der Waals surface area contributed by atoms with Gasteiger partial charge in [-0.25, -0.2) is 0 Å². The van der Waals surface area contributed by atoms with Crippen LogP contribution >= 0.6 is 0 Å². The van der Waals surface area contributed by atoms with Gasteiger partial charge in [0.2, 0.25) is 0 Å². The monoisotopic (exact) mass is 261 g/mol. The Balaban J connectivity index is 2.06. The summed E-state index contributed by atoms with van der Waals surface area (Å²) in [6, 6.07) is 4.14. The van der Waals surface area contributed by atoms with E-state index in [1.54, 1.807) is 26.5 Å². The van der Waals surface area contributed by atoms with Gasteiger partial charge in [0.15, 0.2) is 11.5 Å². The summed E-state index contributed by atoms with van der Waals surface area (Å²) in [6.45, 7) is 2.60. The van der Waals surface area contributed by atoms with E-state index in [-0.39, 0.29) is 5.92 Å². The average Bonchev–Trinajstić information content (AvgIpc) is 2.47. The number of likely N-dealkylation sites (tertiary alicyclic amines) is 1. The molecule has 0 unspecified atom stereocenters. The molecule has 5 nitrogen and oxygen atoms in total. The summed E-state index contributed by atoms with van der Waals surface area (Å²) in [7, 11) is 3.25. The van der Waals surface area contributed by atoms with Crippen molar-refractivity contribution in [1.82, 2.24) is 9.88 Å². The number of aromatic nitrogens is 1. The smallest absolute Gasteiger partial charge is 0.183 e. The maximum atomic E-state index is 8.90. The number of nitriles is 1. The molecule has 0 saturated carbocycles. The molecule has 0 aromatic carbocycles. The normalized spacial score (nSPS) is 16.9. The highest BCUT2D eigenvalue weighted by molar-refractivity contribution is 5.42. The standard InChI is InChI=1S/C14H19N3O2/c1-18-13-3-6-16-12(14(13)19-2)10-17-7-4-11(9-15)5-8-17/h3,6,11H,4-5,7-8,10H2,1-2H3. The third-order valence-corrected chi connectivity index (χ3v) is 3.51. The van der Waals surface area contributed by atoms with Crippen LogP contribution in [-0.2, 0) is 6.54 Å². The van der Waals surface area contributed by atoms with Crippen LogP contribution in [0.3, 0.4) is 0 Å². The van der Waals surface area contributed by atoms with Gasteiger partial charge in [-0.1, -0.05) is 0 Å². The number of hydrogen-bond donors (Lipinski definition) is 0. The summed E-state index contributed by atoms with van der Waals surface area (Å²) in [4.78, 5) is 6.68. The lowest BCUT2D eigenvalue weighted by Crippen LogP contribution is -2.33. The summed E-state index contributed by atoms with van der Waals surface area (Å²) in [5, 5.41) is 8.90. The molecule has 5 heteroatoms. The molecule has 1 fully saturated rings. The molecule has 0 radical (unpaired) electrons. The number of pyridine rings is 1. The fourth-order valence-corrected chi connectivity index (χ4v) is 2.40. The average molecular weight is 261 g/mol. The lowest BCUT2D eigenvalue weighted by Gasteiger charge is -2.29. The van der Waals surface area contributed by atoms with Crippen LogP contribution in [0.4, 0.5) is 0 Å². The van der Waals surface area contributed by atoms with Crippen molar-refractivity contribution in [3.8, 4) is 17.6 Å². The number of methoxy groups -OCH3 is 2. The molecule has 2 heterocycles. The van der Waals surface area contributed by atoms with Crippen molar-refractivity contribution in [2.75, 3.05) is 27.3 Å². The molecule has 1 aliphatic heterocycles. The van der Waals surface area contributed by atoms with Gasteiger partial charge in [-0.3, -0.25) is 9.88 Å². The zero-order valence-electron chi connectivity index (χ0n) is 11.4. The Bertz CT molecular complexity index is 462. The van der Waals surface area contributed by atoms with Crippen molar-refractivity contribution in [2.45, 2.75) is 19.4 Å². The third kappa shape index (κ3) is 3.15. The van der Waals surface area contributed by atoms with Crippen LogP contribution in [0.2, 0.25) is 0 Å². The summed E-state index contributed by atoms with van der Waals surface area (Å²) < 4.78 is 10.7. The fourth-order valence-electron chi connectivity index (χ4n) is 2.40. The predicted molar refractivity (Wildman–Crippen MR) is 71.0 cm³/mol. The Morgan fingerprint density at radius 2 is 2.11 bits per heavy atom. The van der Waals surface area contributed by atoms with Crippen molar-refractivity contribution in [1.29, 1.82) is 5.26 Å². The molecule has 2 rings (SSSR count). The summed E-state index contributed by atoms with van der Waals surface area (Å²) in [6.07, 6.45) is 3.60. The number of nitrogens with zero attached hydrogens (tertiary/aromatic N) is 3. The lowest BCUT2D eigenvalue weighted by atomic mass is 9.98. The molecule has 102 valence electrons. The van der Waals surface area contributed by atoms with Crippen LogP contribution < -0.4 is 9.47 Å². The molecule has 1 saturated heterocycles. The molecule has 0 atom stereocenters. The first-order chi connectivity index (χ1) is 9.28. The Morgan fingerprint density at radius 3 is 2.68 bits per heavy atom. The van der Waals surface area contributed by atoms with Gasteiger partial charge in [0.1, 0.15) is 5.69 Å². The molecule has 1 aliphatic rings. The van der Waals surface area contributed by atoms with Crippen LogP contribution in [0.5, 0.6) is 11.5 Å². The van der Waals surface area contributed by atoms with Gasteiger partial charge in [0.05, 0.1) is 20.3 Å². The predicted octanol–water partition coefficient (Wildman–Crippen LogP) is 1.83. The van der Waals surface area contributed by atoms with Crippen LogP contribution in [0.15, 0.2) is 12.3 Å².